The first-order chi connectivity index (χ1) is 13.3. The van der Waals surface area contributed by atoms with E-state index in [2.05, 4.69) is 15.6 Å². The first kappa shape index (κ1) is 18.9. The van der Waals surface area contributed by atoms with E-state index in [1.54, 1.807) is 30.3 Å². The minimum Gasteiger partial charge on any atom is -0.340 e. The van der Waals surface area contributed by atoms with Gasteiger partial charge in [0.15, 0.2) is 0 Å². The summed E-state index contributed by atoms with van der Waals surface area (Å²) in [6, 6.07) is 16.2. The molecule has 0 unspecified atom stereocenters. The van der Waals surface area contributed by atoms with E-state index in [1.807, 2.05) is 6.07 Å². The number of rotatable bonds is 4. The zero-order valence-electron chi connectivity index (χ0n) is 14.3. The zero-order chi connectivity index (χ0) is 20.1. The van der Waals surface area contributed by atoms with Gasteiger partial charge in [0.05, 0.1) is 22.8 Å². The number of halogens is 3. The largest absolute Gasteiger partial charge is 0.416 e. The molecule has 0 aliphatic rings. The monoisotopic (exact) mass is 382 g/mol. The number of hydrogen-bond donors (Lipinski definition) is 2. The molecule has 0 fully saturated rings. The van der Waals surface area contributed by atoms with E-state index in [-0.39, 0.29) is 11.3 Å². The van der Waals surface area contributed by atoms with Gasteiger partial charge in [-0.05, 0) is 54.6 Å². The molecular formula is C20H13F3N4O. The normalized spacial score (nSPS) is 10.8. The number of aromatic nitrogens is 1. The van der Waals surface area contributed by atoms with Gasteiger partial charge in [0, 0.05) is 17.6 Å². The maximum atomic E-state index is 12.7. The summed E-state index contributed by atoms with van der Waals surface area (Å²) in [5.74, 6) is -0.0999. The van der Waals surface area contributed by atoms with Crippen LogP contribution in [-0.4, -0.2) is 10.9 Å². The van der Waals surface area contributed by atoms with E-state index >= 15 is 0 Å². The smallest absolute Gasteiger partial charge is 0.340 e. The highest BCUT2D eigenvalue weighted by Crippen LogP contribution is 2.30. The average Bonchev–Trinajstić information content (AvgIpc) is 2.69. The van der Waals surface area contributed by atoms with Gasteiger partial charge < -0.3 is 10.6 Å². The Hall–Kier alpha value is -3.86. The summed E-state index contributed by atoms with van der Waals surface area (Å²) in [5.41, 5.74) is 0.639. The molecule has 1 heterocycles. The molecule has 8 heteroatoms. The molecule has 0 saturated heterocycles. The van der Waals surface area contributed by atoms with E-state index in [0.29, 0.717) is 17.1 Å². The van der Waals surface area contributed by atoms with Crippen molar-refractivity contribution in [2.75, 3.05) is 10.6 Å². The highest BCUT2D eigenvalue weighted by atomic mass is 19.4. The topological polar surface area (TPSA) is 77.8 Å². The van der Waals surface area contributed by atoms with Gasteiger partial charge in [0.25, 0.3) is 5.91 Å². The molecule has 28 heavy (non-hydrogen) atoms. The van der Waals surface area contributed by atoms with Crippen LogP contribution in [0.3, 0.4) is 0 Å². The van der Waals surface area contributed by atoms with Gasteiger partial charge >= 0.3 is 6.18 Å². The van der Waals surface area contributed by atoms with E-state index in [9.17, 15) is 18.0 Å². The van der Waals surface area contributed by atoms with Crippen molar-refractivity contribution in [2.24, 2.45) is 0 Å². The fourth-order valence-corrected chi connectivity index (χ4v) is 2.35. The quantitative estimate of drug-likeness (QED) is 0.668. The van der Waals surface area contributed by atoms with E-state index in [4.69, 9.17) is 5.26 Å². The van der Waals surface area contributed by atoms with Gasteiger partial charge in [0.2, 0.25) is 0 Å². The third kappa shape index (κ3) is 4.65. The number of nitriles is 1. The Kier molecular flexibility index (Phi) is 5.27. The number of carbonyl (C=O) groups excluding carboxylic acids is 1. The summed E-state index contributed by atoms with van der Waals surface area (Å²) in [4.78, 5) is 16.4. The number of alkyl halides is 3. The fraction of sp³-hybridized carbons (Fsp3) is 0.0500. The maximum Gasteiger partial charge on any atom is 0.416 e. The van der Waals surface area contributed by atoms with E-state index < -0.39 is 17.6 Å². The van der Waals surface area contributed by atoms with Gasteiger partial charge in [-0.25, -0.2) is 4.98 Å². The van der Waals surface area contributed by atoms with Gasteiger partial charge in [-0.15, -0.1) is 0 Å². The molecule has 1 amide bonds. The number of anilines is 3. The SMILES string of the molecule is N#Cc1ccc(Nc2ccc(C(=O)Nc3cccc(C(F)(F)F)c3)cn2)cc1. The van der Waals surface area contributed by atoms with Crippen LogP contribution in [0, 0.1) is 11.3 Å². The van der Waals surface area contributed by atoms with Crippen molar-refractivity contribution < 1.29 is 18.0 Å². The van der Waals surface area contributed by atoms with Crippen molar-refractivity contribution in [1.82, 2.24) is 4.98 Å². The molecule has 0 saturated carbocycles. The zero-order valence-corrected chi connectivity index (χ0v) is 14.3. The molecule has 1 aromatic heterocycles. The molecule has 0 spiro atoms. The summed E-state index contributed by atoms with van der Waals surface area (Å²) in [7, 11) is 0. The third-order valence-corrected chi connectivity index (χ3v) is 3.76. The van der Waals surface area contributed by atoms with Crippen LogP contribution in [0.2, 0.25) is 0 Å². The molecule has 0 aliphatic carbocycles. The number of carbonyl (C=O) groups is 1. The number of amides is 1. The number of benzene rings is 2. The first-order valence-corrected chi connectivity index (χ1v) is 8.07. The summed E-state index contributed by atoms with van der Waals surface area (Å²) >= 11 is 0. The predicted octanol–water partition coefficient (Wildman–Crippen LogP) is 4.97. The number of nitrogens with zero attached hydrogens (tertiary/aromatic N) is 2. The number of nitrogens with one attached hydrogen (secondary N) is 2. The summed E-state index contributed by atoms with van der Waals surface area (Å²) in [6.45, 7) is 0. The summed E-state index contributed by atoms with van der Waals surface area (Å²) < 4.78 is 38.2. The Labute approximate surface area is 158 Å². The van der Waals surface area contributed by atoms with Crippen LogP contribution in [0.1, 0.15) is 21.5 Å². The molecule has 0 aliphatic heterocycles. The molecule has 3 rings (SSSR count). The molecule has 0 radical (unpaired) electrons. The second-order valence-electron chi connectivity index (χ2n) is 5.78. The Morgan fingerprint density at radius 1 is 1.00 bits per heavy atom. The molecule has 140 valence electrons. The second-order valence-corrected chi connectivity index (χ2v) is 5.78. The van der Waals surface area contributed by atoms with Crippen LogP contribution >= 0.6 is 0 Å². The molecule has 0 atom stereocenters. The Morgan fingerprint density at radius 3 is 2.36 bits per heavy atom. The van der Waals surface area contributed by atoms with Crippen LogP contribution in [0.25, 0.3) is 0 Å². The summed E-state index contributed by atoms with van der Waals surface area (Å²) in [6.07, 6.45) is -3.17. The lowest BCUT2D eigenvalue weighted by Crippen LogP contribution is -2.13. The second kappa shape index (κ2) is 7.80. The highest BCUT2D eigenvalue weighted by molar-refractivity contribution is 6.04. The standard InChI is InChI=1S/C20H13F3N4O/c21-20(22,23)15-2-1-3-17(10-15)27-19(28)14-6-9-18(25-12-14)26-16-7-4-13(11-24)5-8-16/h1-10,12H,(H,25,26)(H,27,28). The van der Waals surface area contributed by atoms with Gasteiger partial charge in [0.1, 0.15) is 5.82 Å². The third-order valence-electron chi connectivity index (χ3n) is 3.76. The lowest BCUT2D eigenvalue weighted by atomic mass is 10.2. The van der Waals surface area contributed by atoms with E-state index in [0.717, 1.165) is 12.1 Å². The Morgan fingerprint density at radius 2 is 1.75 bits per heavy atom. The van der Waals surface area contributed by atoms with Crippen molar-refractivity contribution in [2.45, 2.75) is 6.18 Å². The molecular weight excluding hydrogens is 369 g/mol. The first-order valence-electron chi connectivity index (χ1n) is 8.07. The molecule has 3 aromatic rings. The van der Waals surface area contributed by atoms with Gasteiger partial charge in [-0.1, -0.05) is 6.07 Å². The van der Waals surface area contributed by atoms with Gasteiger partial charge in [-0.3, -0.25) is 4.79 Å². The Balaban J connectivity index is 1.67. The van der Waals surface area contributed by atoms with Crippen molar-refractivity contribution >= 4 is 23.1 Å². The molecule has 5 nitrogen and oxygen atoms in total. The average molecular weight is 382 g/mol. The summed E-state index contributed by atoms with van der Waals surface area (Å²) in [5, 5.41) is 14.2. The molecule has 2 N–H and O–H groups in total. The minimum absolute atomic E-state index is 0.0413. The van der Waals surface area contributed by atoms with Crippen LogP contribution in [0.4, 0.5) is 30.4 Å². The fourth-order valence-electron chi connectivity index (χ4n) is 2.35. The van der Waals surface area contributed by atoms with E-state index in [1.165, 1.54) is 24.4 Å². The van der Waals surface area contributed by atoms with Crippen LogP contribution in [0.15, 0.2) is 66.9 Å². The molecule has 0 bridgehead atoms. The minimum atomic E-state index is -4.49. The van der Waals surface area contributed by atoms with Crippen LogP contribution < -0.4 is 10.6 Å². The molecule has 2 aromatic carbocycles. The lowest BCUT2D eigenvalue weighted by molar-refractivity contribution is -0.137. The van der Waals surface area contributed by atoms with Crippen LogP contribution in [0.5, 0.6) is 0 Å². The van der Waals surface area contributed by atoms with Crippen molar-refractivity contribution in [3.05, 3.63) is 83.6 Å². The van der Waals surface area contributed by atoms with Crippen molar-refractivity contribution in [3.63, 3.8) is 0 Å². The highest BCUT2D eigenvalue weighted by Gasteiger charge is 2.30. The van der Waals surface area contributed by atoms with Crippen molar-refractivity contribution in [3.8, 4) is 6.07 Å². The van der Waals surface area contributed by atoms with Crippen molar-refractivity contribution in [1.29, 1.82) is 5.26 Å². The Bertz CT molecular complexity index is 1020. The van der Waals surface area contributed by atoms with Crippen LogP contribution in [-0.2, 0) is 6.18 Å². The number of hydrogen-bond acceptors (Lipinski definition) is 4. The maximum absolute atomic E-state index is 12.7. The number of pyridine rings is 1. The van der Waals surface area contributed by atoms with Gasteiger partial charge in [-0.2, -0.15) is 18.4 Å². The predicted molar refractivity (Wildman–Crippen MR) is 98.1 cm³/mol. The lowest BCUT2D eigenvalue weighted by Gasteiger charge is -2.10.